The van der Waals surface area contributed by atoms with Gasteiger partial charge < -0.3 is 20.3 Å². The Balaban J connectivity index is 1.56. The molecule has 0 radical (unpaired) electrons. The Morgan fingerprint density at radius 2 is 1.83 bits per heavy atom. The molecule has 0 amide bonds. The fraction of sp³-hybridized carbons (Fsp3) is 0.304. The van der Waals surface area contributed by atoms with Gasteiger partial charge in [-0.3, -0.25) is 0 Å². The molecule has 1 fully saturated rings. The maximum Gasteiger partial charge on any atom is 0.229 e. The summed E-state index contributed by atoms with van der Waals surface area (Å²) < 4.78 is 5.49. The molecular formula is C23H27N5O. The van der Waals surface area contributed by atoms with Crippen molar-refractivity contribution in [2.24, 2.45) is 0 Å². The van der Waals surface area contributed by atoms with Crippen LogP contribution in [0, 0.1) is 6.92 Å². The average Bonchev–Trinajstić information content (AvgIpc) is 2.76. The third-order valence-electron chi connectivity index (χ3n) is 5.15. The summed E-state index contributed by atoms with van der Waals surface area (Å²) in [6.45, 7) is 7.55. The Morgan fingerprint density at radius 3 is 2.66 bits per heavy atom. The van der Waals surface area contributed by atoms with Crippen LogP contribution in [0.15, 0.2) is 54.7 Å². The predicted molar refractivity (Wildman–Crippen MR) is 119 cm³/mol. The van der Waals surface area contributed by atoms with Gasteiger partial charge in [0.05, 0.1) is 24.6 Å². The number of nitrogens with one attached hydrogen (secondary N) is 2. The monoisotopic (exact) mass is 389 g/mol. The van der Waals surface area contributed by atoms with Gasteiger partial charge in [0.15, 0.2) is 0 Å². The molecule has 3 aromatic rings. The van der Waals surface area contributed by atoms with Crippen molar-refractivity contribution in [3.8, 4) is 0 Å². The molecule has 2 N–H and O–H groups in total. The summed E-state index contributed by atoms with van der Waals surface area (Å²) in [5.41, 5.74) is 5.72. The van der Waals surface area contributed by atoms with Crippen molar-refractivity contribution in [2.45, 2.75) is 20.3 Å². The molecule has 1 aromatic heterocycles. The number of para-hydroxylation sites is 3. The van der Waals surface area contributed by atoms with Crippen LogP contribution in [0.25, 0.3) is 0 Å². The van der Waals surface area contributed by atoms with Gasteiger partial charge in [-0.05, 0) is 42.7 Å². The number of aromatic nitrogens is 2. The Hall–Kier alpha value is -3.12. The fourth-order valence-corrected chi connectivity index (χ4v) is 3.60. The Kier molecular flexibility index (Phi) is 5.91. The topological polar surface area (TPSA) is 62.3 Å². The summed E-state index contributed by atoms with van der Waals surface area (Å²) in [5, 5.41) is 6.87. The van der Waals surface area contributed by atoms with E-state index in [-0.39, 0.29) is 0 Å². The van der Waals surface area contributed by atoms with Crippen molar-refractivity contribution in [3.63, 3.8) is 0 Å². The molecule has 0 unspecified atom stereocenters. The second kappa shape index (κ2) is 8.92. The zero-order valence-corrected chi connectivity index (χ0v) is 17.0. The van der Waals surface area contributed by atoms with Crippen LogP contribution in [-0.2, 0) is 11.2 Å². The van der Waals surface area contributed by atoms with Gasteiger partial charge in [-0.1, -0.05) is 37.3 Å². The van der Waals surface area contributed by atoms with Crippen LogP contribution in [0.2, 0.25) is 0 Å². The SMILES string of the molecule is CCc1cccc(C)c1Nc1nccc(Nc2ccccc2N2CCOCC2)n1. The first kappa shape index (κ1) is 19.2. The highest BCUT2D eigenvalue weighted by molar-refractivity contribution is 5.74. The molecule has 6 nitrogen and oxygen atoms in total. The lowest BCUT2D eigenvalue weighted by Gasteiger charge is -2.30. The van der Waals surface area contributed by atoms with Crippen molar-refractivity contribution < 1.29 is 4.74 Å². The third kappa shape index (κ3) is 4.49. The Morgan fingerprint density at radius 1 is 1.00 bits per heavy atom. The van der Waals surface area contributed by atoms with Gasteiger partial charge in [-0.25, -0.2) is 4.98 Å². The van der Waals surface area contributed by atoms with Crippen molar-refractivity contribution >= 4 is 28.8 Å². The first-order valence-electron chi connectivity index (χ1n) is 10.1. The van der Waals surface area contributed by atoms with Crippen LogP contribution in [0.3, 0.4) is 0 Å². The molecule has 4 rings (SSSR count). The number of nitrogens with zero attached hydrogens (tertiary/aromatic N) is 3. The minimum absolute atomic E-state index is 0.586. The lowest BCUT2D eigenvalue weighted by Crippen LogP contribution is -2.36. The lowest BCUT2D eigenvalue weighted by molar-refractivity contribution is 0.123. The molecule has 1 aliphatic heterocycles. The number of rotatable bonds is 6. The standard InChI is InChI=1S/C23H27N5O/c1-3-18-8-6-7-17(2)22(18)27-23-24-12-11-21(26-23)25-19-9-4-5-10-20(19)28-13-15-29-16-14-28/h4-12H,3,13-16H2,1-2H3,(H2,24,25,26,27). The molecule has 6 heteroatoms. The summed E-state index contributed by atoms with van der Waals surface area (Å²) in [6.07, 6.45) is 2.73. The van der Waals surface area contributed by atoms with E-state index in [1.54, 1.807) is 6.20 Å². The van der Waals surface area contributed by atoms with Crippen LogP contribution in [-0.4, -0.2) is 36.3 Å². The van der Waals surface area contributed by atoms with Crippen LogP contribution >= 0.6 is 0 Å². The van der Waals surface area contributed by atoms with Gasteiger partial charge in [0.2, 0.25) is 5.95 Å². The van der Waals surface area contributed by atoms with E-state index in [9.17, 15) is 0 Å². The van der Waals surface area contributed by atoms with E-state index in [1.165, 1.54) is 11.1 Å². The zero-order chi connectivity index (χ0) is 20.1. The minimum atomic E-state index is 0.586. The van der Waals surface area contributed by atoms with Gasteiger partial charge in [0.1, 0.15) is 5.82 Å². The number of aryl methyl sites for hydroxylation is 2. The number of hydrogen-bond acceptors (Lipinski definition) is 6. The van der Waals surface area contributed by atoms with Gasteiger partial charge >= 0.3 is 0 Å². The third-order valence-corrected chi connectivity index (χ3v) is 5.15. The van der Waals surface area contributed by atoms with Crippen LogP contribution in [0.1, 0.15) is 18.1 Å². The van der Waals surface area contributed by atoms with Crippen molar-refractivity contribution in [3.05, 3.63) is 65.9 Å². The van der Waals surface area contributed by atoms with Crippen molar-refractivity contribution in [2.75, 3.05) is 41.8 Å². The normalized spacial score (nSPS) is 13.9. The average molecular weight is 390 g/mol. The molecular weight excluding hydrogens is 362 g/mol. The van der Waals surface area contributed by atoms with Gasteiger partial charge in [0, 0.05) is 25.0 Å². The fourth-order valence-electron chi connectivity index (χ4n) is 3.60. The van der Waals surface area contributed by atoms with Gasteiger partial charge in [0.25, 0.3) is 0 Å². The first-order valence-corrected chi connectivity index (χ1v) is 10.1. The molecule has 1 saturated heterocycles. The summed E-state index contributed by atoms with van der Waals surface area (Å²) in [5.74, 6) is 1.35. The Bertz CT molecular complexity index is 969. The number of morpholine rings is 1. The summed E-state index contributed by atoms with van der Waals surface area (Å²) in [4.78, 5) is 11.4. The van der Waals surface area contributed by atoms with E-state index in [0.29, 0.717) is 5.95 Å². The molecule has 1 aliphatic rings. The summed E-state index contributed by atoms with van der Waals surface area (Å²) >= 11 is 0. The number of hydrogen-bond donors (Lipinski definition) is 2. The highest BCUT2D eigenvalue weighted by Gasteiger charge is 2.15. The van der Waals surface area contributed by atoms with Crippen LogP contribution in [0.5, 0.6) is 0 Å². The second-order valence-electron chi connectivity index (χ2n) is 7.09. The molecule has 2 heterocycles. The van der Waals surface area contributed by atoms with Crippen LogP contribution in [0.4, 0.5) is 28.8 Å². The van der Waals surface area contributed by atoms with E-state index >= 15 is 0 Å². The molecule has 0 bridgehead atoms. The second-order valence-corrected chi connectivity index (χ2v) is 7.09. The van der Waals surface area contributed by atoms with E-state index < -0.39 is 0 Å². The predicted octanol–water partition coefficient (Wildman–Crippen LogP) is 4.67. The molecule has 0 aliphatic carbocycles. The molecule has 0 atom stereocenters. The molecule has 0 saturated carbocycles. The maximum absolute atomic E-state index is 5.49. The van der Waals surface area contributed by atoms with Crippen molar-refractivity contribution in [1.82, 2.24) is 9.97 Å². The maximum atomic E-state index is 5.49. The van der Waals surface area contributed by atoms with Gasteiger partial charge in [-0.2, -0.15) is 4.98 Å². The van der Waals surface area contributed by atoms with E-state index in [4.69, 9.17) is 4.74 Å². The highest BCUT2D eigenvalue weighted by atomic mass is 16.5. The quantitative estimate of drug-likeness (QED) is 0.639. The zero-order valence-electron chi connectivity index (χ0n) is 17.0. The molecule has 29 heavy (non-hydrogen) atoms. The van der Waals surface area contributed by atoms with Crippen molar-refractivity contribution in [1.29, 1.82) is 0 Å². The minimum Gasteiger partial charge on any atom is -0.378 e. The summed E-state index contributed by atoms with van der Waals surface area (Å²) in [6, 6.07) is 16.5. The highest BCUT2D eigenvalue weighted by Crippen LogP contribution is 2.29. The van der Waals surface area contributed by atoms with Crippen LogP contribution < -0.4 is 15.5 Å². The smallest absolute Gasteiger partial charge is 0.229 e. The first-order chi connectivity index (χ1) is 14.2. The summed E-state index contributed by atoms with van der Waals surface area (Å²) in [7, 11) is 0. The Labute approximate surface area is 172 Å². The largest absolute Gasteiger partial charge is 0.378 e. The molecule has 150 valence electrons. The van der Waals surface area contributed by atoms with E-state index in [0.717, 1.165) is 55.6 Å². The number of ether oxygens (including phenoxy) is 1. The lowest BCUT2D eigenvalue weighted by atomic mass is 10.1. The molecule has 2 aromatic carbocycles. The van der Waals surface area contributed by atoms with E-state index in [2.05, 4.69) is 75.7 Å². The molecule has 0 spiro atoms. The van der Waals surface area contributed by atoms with E-state index in [1.807, 2.05) is 12.1 Å². The number of benzene rings is 2. The van der Waals surface area contributed by atoms with Gasteiger partial charge in [-0.15, -0.1) is 0 Å². The number of anilines is 5.